The molecule has 0 saturated carbocycles. The number of aromatic nitrogens is 2. The van der Waals surface area contributed by atoms with Crippen molar-refractivity contribution in [1.29, 1.82) is 5.41 Å². The van der Waals surface area contributed by atoms with Gasteiger partial charge in [0.15, 0.2) is 5.82 Å². The number of nitrogens with two attached hydrogens (primary N) is 1. The molecule has 2 aromatic carbocycles. The van der Waals surface area contributed by atoms with Crippen LogP contribution in [-0.2, 0) is 0 Å². The third-order valence-corrected chi connectivity index (χ3v) is 5.00. The molecule has 0 atom stereocenters. The molecule has 0 bridgehead atoms. The second-order valence-corrected chi connectivity index (χ2v) is 7.02. The summed E-state index contributed by atoms with van der Waals surface area (Å²) in [6.07, 6.45) is 1.24. The van der Waals surface area contributed by atoms with Gasteiger partial charge in [-0.2, -0.15) is 0 Å². The number of rotatable bonds is 6. The van der Waals surface area contributed by atoms with Crippen molar-refractivity contribution in [2.45, 2.75) is 0 Å². The van der Waals surface area contributed by atoms with Gasteiger partial charge in [0, 0.05) is 61.0 Å². The Bertz CT molecular complexity index is 1050. The predicted molar refractivity (Wildman–Crippen MR) is 121 cm³/mol. The number of nitrogens with one attached hydrogen (secondary N) is 3. The van der Waals surface area contributed by atoms with Crippen molar-refractivity contribution in [2.75, 3.05) is 49.2 Å². The van der Waals surface area contributed by atoms with Crippen LogP contribution in [0.25, 0.3) is 11.4 Å². The van der Waals surface area contributed by atoms with E-state index in [1.165, 1.54) is 6.21 Å². The van der Waals surface area contributed by atoms with E-state index in [1.54, 1.807) is 13.2 Å². The number of ether oxygens (including phenoxy) is 1. The Kier molecular flexibility index (Phi) is 5.76. The molecule has 30 heavy (non-hydrogen) atoms. The molecule has 0 amide bonds. The van der Waals surface area contributed by atoms with Crippen LogP contribution in [0.3, 0.4) is 0 Å². The van der Waals surface area contributed by atoms with Gasteiger partial charge >= 0.3 is 0 Å². The highest BCUT2D eigenvalue weighted by Gasteiger charge is 2.16. The van der Waals surface area contributed by atoms with Gasteiger partial charge in [0.1, 0.15) is 17.4 Å². The molecular formula is C22H25N7O. The van der Waals surface area contributed by atoms with Gasteiger partial charge in [-0.05, 0) is 30.3 Å². The normalized spacial score (nSPS) is 13.7. The van der Waals surface area contributed by atoms with Gasteiger partial charge in [0.2, 0.25) is 0 Å². The highest BCUT2D eigenvalue weighted by Crippen LogP contribution is 2.27. The number of benzene rings is 2. The molecule has 5 N–H and O–H groups in total. The quantitative estimate of drug-likeness (QED) is 0.370. The second-order valence-electron chi connectivity index (χ2n) is 7.02. The zero-order chi connectivity index (χ0) is 20.9. The first-order valence-corrected chi connectivity index (χ1v) is 9.82. The molecule has 0 spiro atoms. The van der Waals surface area contributed by atoms with Crippen LogP contribution in [0.15, 0.2) is 48.5 Å². The first kappa shape index (κ1) is 19.7. The summed E-state index contributed by atoms with van der Waals surface area (Å²) in [6, 6.07) is 15.2. The molecule has 1 fully saturated rings. The van der Waals surface area contributed by atoms with E-state index in [9.17, 15) is 0 Å². The molecule has 1 aromatic heterocycles. The second kappa shape index (κ2) is 8.79. The molecule has 1 aliphatic heterocycles. The lowest BCUT2D eigenvalue weighted by molar-refractivity contribution is 0.415. The molecular weight excluding hydrogens is 378 g/mol. The van der Waals surface area contributed by atoms with Crippen LogP contribution in [0.2, 0.25) is 0 Å². The molecule has 1 saturated heterocycles. The largest absolute Gasteiger partial charge is 0.497 e. The third-order valence-electron chi connectivity index (χ3n) is 5.00. The van der Waals surface area contributed by atoms with Crippen molar-refractivity contribution >= 4 is 29.2 Å². The summed E-state index contributed by atoms with van der Waals surface area (Å²) in [6.45, 7) is 3.60. The smallest absolute Gasteiger partial charge is 0.164 e. The van der Waals surface area contributed by atoms with Crippen LogP contribution in [0.5, 0.6) is 5.75 Å². The topological polar surface area (TPSA) is 112 Å². The minimum atomic E-state index is 0.566. The zero-order valence-corrected chi connectivity index (χ0v) is 16.9. The van der Waals surface area contributed by atoms with E-state index in [2.05, 4.69) is 15.5 Å². The molecule has 4 rings (SSSR count). The van der Waals surface area contributed by atoms with E-state index in [0.717, 1.165) is 49.0 Å². The number of nitrogen functional groups attached to an aromatic ring is 1. The summed E-state index contributed by atoms with van der Waals surface area (Å²) in [5.41, 5.74) is 8.83. The number of hydrogen-bond donors (Lipinski definition) is 4. The van der Waals surface area contributed by atoms with Crippen LogP contribution in [0.1, 0.15) is 5.56 Å². The SMILES string of the molecule is COc1cccc(-c2nc(Nc3ccc(N)c(C=N)c3)cc(N3CCNCC3)n2)c1. The van der Waals surface area contributed by atoms with Crippen molar-refractivity contribution in [1.82, 2.24) is 15.3 Å². The summed E-state index contributed by atoms with van der Waals surface area (Å²) in [7, 11) is 1.64. The molecule has 0 aliphatic carbocycles. The van der Waals surface area contributed by atoms with E-state index in [1.807, 2.05) is 42.5 Å². The molecule has 154 valence electrons. The van der Waals surface area contributed by atoms with Gasteiger partial charge in [-0.25, -0.2) is 9.97 Å². The first-order valence-electron chi connectivity index (χ1n) is 9.82. The monoisotopic (exact) mass is 403 g/mol. The number of methoxy groups -OCH3 is 1. The fourth-order valence-electron chi connectivity index (χ4n) is 3.37. The number of piperazine rings is 1. The summed E-state index contributed by atoms with van der Waals surface area (Å²) < 4.78 is 5.36. The predicted octanol–water partition coefficient (Wildman–Crippen LogP) is 2.89. The minimum absolute atomic E-state index is 0.566. The Hall–Kier alpha value is -3.65. The average Bonchev–Trinajstić information content (AvgIpc) is 2.80. The minimum Gasteiger partial charge on any atom is -0.497 e. The van der Waals surface area contributed by atoms with Crippen molar-refractivity contribution in [3.8, 4) is 17.1 Å². The highest BCUT2D eigenvalue weighted by atomic mass is 16.5. The van der Waals surface area contributed by atoms with Gasteiger partial charge in [-0.15, -0.1) is 0 Å². The van der Waals surface area contributed by atoms with Crippen molar-refractivity contribution < 1.29 is 4.74 Å². The lowest BCUT2D eigenvalue weighted by atomic mass is 10.1. The molecule has 2 heterocycles. The van der Waals surface area contributed by atoms with E-state index in [-0.39, 0.29) is 0 Å². The maximum Gasteiger partial charge on any atom is 0.164 e. The summed E-state index contributed by atoms with van der Waals surface area (Å²) in [4.78, 5) is 11.8. The highest BCUT2D eigenvalue weighted by molar-refractivity contribution is 5.87. The molecule has 1 aliphatic rings. The Labute approximate surface area is 175 Å². The average molecular weight is 403 g/mol. The van der Waals surface area contributed by atoms with Crippen molar-refractivity contribution in [3.63, 3.8) is 0 Å². The standard InChI is InChI=1S/C22H25N7O/c1-30-18-4-2-3-15(12-18)22-27-20(13-21(28-22)29-9-7-25-8-10-29)26-17-5-6-19(24)16(11-17)14-23/h2-6,11-14,23,25H,7-10,24H2,1H3,(H,26,27,28). The number of anilines is 4. The van der Waals surface area contributed by atoms with E-state index in [4.69, 9.17) is 25.8 Å². The fraction of sp³-hybridized carbons (Fsp3) is 0.227. The molecule has 0 unspecified atom stereocenters. The lowest BCUT2D eigenvalue weighted by Crippen LogP contribution is -2.44. The third kappa shape index (κ3) is 4.33. The first-order chi connectivity index (χ1) is 14.7. The van der Waals surface area contributed by atoms with Crippen LogP contribution >= 0.6 is 0 Å². The fourth-order valence-corrected chi connectivity index (χ4v) is 3.37. The van der Waals surface area contributed by atoms with E-state index in [0.29, 0.717) is 22.9 Å². The van der Waals surface area contributed by atoms with Crippen LogP contribution in [0, 0.1) is 5.41 Å². The zero-order valence-electron chi connectivity index (χ0n) is 16.9. The summed E-state index contributed by atoms with van der Waals surface area (Å²) in [5.74, 6) is 2.93. The Balaban J connectivity index is 1.74. The molecule has 8 heteroatoms. The molecule has 8 nitrogen and oxygen atoms in total. The van der Waals surface area contributed by atoms with Gasteiger partial charge in [0.05, 0.1) is 7.11 Å². The Morgan fingerprint density at radius 2 is 1.97 bits per heavy atom. The van der Waals surface area contributed by atoms with E-state index < -0.39 is 0 Å². The lowest BCUT2D eigenvalue weighted by Gasteiger charge is -2.29. The van der Waals surface area contributed by atoms with Crippen molar-refractivity contribution in [2.24, 2.45) is 0 Å². The van der Waals surface area contributed by atoms with Gasteiger partial charge in [0.25, 0.3) is 0 Å². The van der Waals surface area contributed by atoms with E-state index >= 15 is 0 Å². The molecule has 3 aromatic rings. The van der Waals surface area contributed by atoms with Crippen LogP contribution in [0.4, 0.5) is 23.0 Å². The van der Waals surface area contributed by atoms with Crippen LogP contribution < -0.4 is 26.0 Å². The van der Waals surface area contributed by atoms with Gasteiger partial charge in [-0.3, -0.25) is 0 Å². The maximum absolute atomic E-state index is 7.53. The summed E-state index contributed by atoms with van der Waals surface area (Å²) in [5, 5.41) is 14.2. The van der Waals surface area contributed by atoms with Crippen LogP contribution in [-0.4, -0.2) is 49.5 Å². The van der Waals surface area contributed by atoms with Crippen molar-refractivity contribution in [3.05, 3.63) is 54.1 Å². The maximum atomic E-state index is 7.53. The Morgan fingerprint density at radius 1 is 1.13 bits per heavy atom. The molecule has 0 radical (unpaired) electrons. The van der Waals surface area contributed by atoms with Gasteiger partial charge in [-0.1, -0.05) is 12.1 Å². The number of hydrogen-bond acceptors (Lipinski definition) is 8. The summed E-state index contributed by atoms with van der Waals surface area (Å²) >= 11 is 0. The van der Waals surface area contributed by atoms with Gasteiger partial charge < -0.3 is 31.4 Å². The number of nitrogens with zero attached hydrogens (tertiary/aromatic N) is 3. The Morgan fingerprint density at radius 3 is 2.73 bits per heavy atom.